The van der Waals surface area contributed by atoms with Gasteiger partial charge in [-0.3, -0.25) is 0 Å². The fourth-order valence-corrected chi connectivity index (χ4v) is 1.31. The minimum atomic E-state index is 0.244. The van der Waals surface area contributed by atoms with E-state index in [2.05, 4.69) is 11.9 Å². The van der Waals surface area contributed by atoms with E-state index in [9.17, 15) is 0 Å². The number of nitriles is 1. The second-order valence-corrected chi connectivity index (χ2v) is 2.97. The van der Waals surface area contributed by atoms with Crippen LogP contribution < -0.4 is 0 Å². The maximum absolute atomic E-state index is 8.26. The molecule has 13 heavy (non-hydrogen) atoms. The fourth-order valence-electron chi connectivity index (χ4n) is 1.31. The van der Waals surface area contributed by atoms with Crippen LogP contribution in [-0.2, 0) is 4.74 Å². The molecule has 0 amide bonds. The quantitative estimate of drug-likeness (QED) is 0.654. The maximum atomic E-state index is 8.26. The van der Waals surface area contributed by atoms with Crippen LogP contribution in [0.5, 0.6) is 0 Å². The molecule has 0 unspecified atom stereocenters. The molecule has 1 fully saturated rings. The average Bonchev–Trinajstić information content (AvgIpc) is 2.20. The Morgan fingerprint density at radius 1 is 1.38 bits per heavy atom. The monoisotopic (exact) mass is 184 g/mol. The van der Waals surface area contributed by atoms with Gasteiger partial charge in [0, 0.05) is 13.1 Å². The second-order valence-electron chi connectivity index (χ2n) is 2.97. The van der Waals surface area contributed by atoms with Crippen molar-refractivity contribution >= 4 is 0 Å². The van der Waals surface area contributed by atoms with Gasteiger partial charge < -0.3 is 9.64 Å². The van der Waals surface area contributed by atoms with Gasteiger partial charge in [0.15, 0.2) is 0 Å². The topological polar surface area (TPSA) is 36.3 Å². The Kier molecular flexibility index (Phi) is 7.66. The second kappa shape index (κ2) is 8.03. The minimum Gasteiger partial charge on any atom is -0.363 e. The number of ether oxygens (including phenoxy) is 1. The number of piperidine rings is 1. The molecule has 0 atom stereocenters. The third-order valence-corrected chi connectivity index (χ3v) is 2.05. The molecule has 0 aliphatic carbocycles. The Morgan fingerprint density at radius 3 is 2.38 bits per heavy atom. The molecule has 1 heterocycles. The summed E-state index contributed by atoms with van der Waals surface area (Å²) in [6.07, 6.45) is 2.46. The van der Waals surface area contributed by atoms with Crippen LogP contribution >= 0.6 is 0 Å². The van der Waals surface area contributed by atoms with Gasteiger partial charge in [-0.25, -0.2) is 0 Å². The van der Waals surface area contributed by atoms with E-state index in [1.54, 1.807) is 0 Å². The first-order chi connectivity index (χ1) is 6.33. The molecule has 0 spiro atoms. The van der Waals surface area contributed by atoms with Crippen LogP contribution in [0.2, 0.25) is 0 Å². The molecule has 3 nitrogen and oxygen atoms in total. The van der Waals surface area contributed by atoms with Crippen LogP contribution in [0.25, 0.3) is 0 Å². The molecule has 0 radical (unpaired) electrons. The molecule has 3 heteroatoms. The Morgan fingerprint density at radius 2 is 1.92 bits per heavy atom. The molecule has 1 aliphatic heterocycles. The molecule has 0 saturated carbocycles. The molecule has 0 aromatic heterocycles. The van der Waals surface area contributed by atoms with Gasteiger partial charge in [0.25, 0.3) is 0 Å². The summed E-state index contributed by atoms with van der Waals surface area (Å²) in [6.45, 7) is 6.43. The van der Waals surface area contributed by atoms with Gasteiger partial charge in [-0.2, -0.15) is 5.26 Å². The van der Waals surface area contributed by atoms with Crippen LogP contribution in [0.4, 0.5) is 0 Å². The highest BCUT2D eigenvalue weighted by Gasteiger charge is 2.16. The van der Waals surface area contributed by atoms with Crippen molar-refractivity contribution in [2.24, 2.45) is 0 Å². The lowest BCUT2D eigenvalue weighted by atomic mass is 10.1. The lowest BCUT2D eigenvalue weighted by molar-refractivity contribution is 0.0300. The highest BCUT2D eigenvalue weighted by Crippen LogP contribution is 2.11. The molecule has 1 aliphatic rings. The number of hydrogen-bond acceptors (Lipinski definition) is 3. The molecule has 0 bridgehead atoms. The van der Waals surface area contributed by atoms with E-state index in [0.717, 1.165) is 25.9 Å². The summed E-state index contributed by atoms with van der Waals surface area (Å²) in [7, 11) is 2.11. The highest BCUT2D eigenvalue weighted by molar-refractivity contribution is 4.73. The zero-order chi connectivity index (χ0) is 10.1. The zero-order valence-corrected chi connectivity index (χ0v) is 8.92. The molecule has 0 aromatic rings. The molecule has 1 rings (SSSR count). The van der Waals surface area contributed by atoms with Crippen molar-refractivity contribution in [3.8, 4) is 6.07 Å². The van der Waals surface area contributed by atoms with E-state index in [0.29, 0.717) is 6.10 Å². The van der Waals surface area contributed by atoms with E-state index >= 15 is 0 Å². The van der Waals surface area contributed by atoms with Crippen molar-refractivity contribution < 1.29 is 4.74 Å². The standard InChI is InChI=1S/C8H14N2O.C2H6/c1-10-5-2-8(3-6-10)11-7-4-9;1-2/h8H,2-3,5-7H2,1H3;1-2H3. The van der Waals surface area contributed by atoms with Crippen molar-refractivity contribution in [2.75, 3.05) is 26.7 Å². The summed E-state index contributed by atoms with van der Waals surface area (Å²) in [6, 6.07) is 1.99. The van der Waals surface area contributed by atoms with Crippen molar-refractivity contribution in [1.29, 1.82) is 5.26 Å². The number of rotatable bonds is 2. The Bertz CT molecular complexity index is 145. The van der Waals surface area contributed by atoms with Crippen LogP contribution in [-0.4, -0.2) is 37.7 Å². The van der Waals surface area contributed by atoms with E-state index in [1.807, 2.05) is 19.9 Å². The van der Waals surface area contributed by atoms with Crippen molar-refractivity contribution in [2.45, 2.75) is 32.8 Å². The Labute approximate surface area is 81.3 Å². The lowest BCUT2D eigenvalue weighted by Crippen LogP contribution is -2.34. The van der Waals surface area contributed by atoms with Crippen LogP contribution in [0.3, 0.4) is 0 Å². The van der Waals surface area contributed by atoms with Gasteiger partial charge >= 0.3 is 0 Å². The van der Waals surface area contributed by atoms with Gasteiger partial charge in [0.05, 0.1) is 12.2 Å². The van der Waals surface area contributed by atoms with Crippen LogP contribution in [0.1, 0.15) is 26.7 Å². The van der Waals surface area contributed by atoms with E-state index in [4.69, 9.17) is 10.00 Å². The van der Waals surface area contributed by atoms with Gasteiger partial charge in [-0.05, 0) is 19.9 Å². The van der Waals surface area contributed by atoms with Crippen molar-refractivity contribution in [3.05, 3.63) is 0 Å². The number of likely N-dealkylation sites (tertiary alicyclic amines) is 1. The number of hydrogen-bond donors (Lipinski definition) is 0. The van der Waals surface area contributed by atoms with E-state index < -0.39 is 0 Å². The molecule has 1 saturated heterocycles. The molecule has 0 N–H and O–H groups in total. The average molecular weight is 184 g/mol. The van der Waals surface area contributed by atoms with E-state index in [1.165, 1.54) is 0 Å². The van der Waals surface area contributed by atoms with Gasteiger partial charge in [-0.15, -0.1) is 0 Å². The van der Waals surface area contributed by atoms with Gasteiger partial charge in [0.2, 0.25) is 0 Å². The van der Waals surface area contributed by atoms with E-state index in [-0.39, 0.29) is 6.61 Å². The van der Waals surface area contributed by atoms with Crippen LogP contribution in [0, 0.1) is 11.3 Å². The largest absolute Gasteiger partial charge is 0.363 e. The normalized spacial score (nSPS) is 18.6. The number of nitrogens with zero attached hydrogens (tertiary/aromatic N) is 2. The summed E-state index contributed by atoms with van der Waals surface area (Å²) < 4.78 is 5.29. The summed E-state index contributed by atoms with van der Waals surface area (Å²) in [5.41, 5.74) is 0. The SMILES string of the molecule is CC.CN1CCC(OCC#N)CC1. The summed E-state index contributed by atoms with van der Waals surface area (Å²) >= 11 is 0. The summed E-state index contributed by atoms with van der Waals surface area (Å²) in [4.78, 5) is 2.28. The van der Waals surface area contributed by atoms with Crippen LogP contribution in [0.15, 0.2) is 0 Å². The Balaban J connectivity index is 0.000000671. The molecule has 0 aromatic carbocycles. The molecular formula is C10H20N2O. The first-order valence-corrected chi connectivity index (χ1v) is 5.00. The zero-order valence-electron chi connectivity index (χ0n) is 8.92. The smallest absolute Gasteiger partial charge is 0.134 e. The molecular weight excluding hydrogens is 164 g/mol. The minimum absolute atomic E-state index is 0.244. The van der Waals surface area contributed by atoms with Crippen molar-refractivity contribution in [1.82, 2.24) is 4.90 Å². The third kappa shape index (κ3) is 5.62. The maximum Gasteiger partial charge on any atom is 0.134 e. The predicted molar refractivity (Wildman–Crippen MR) is 53.4 cm³/mol. The first kappa shape index (κ1) is 12.4. The lowest BCUT2D eigenvalue weighted by Gasteiger charge is -2.28. The van der Waals surface area contributed by atoms with Crippen molar-refractivity contribution in [3.63, 3.8) is 0 Å². The predicted octanol–water partition coefficient (Wildman–Crippen LogP) is 1.65. The van der Waals surface area contributed by atoms with Gasteiger partial charge in [-0.1, -0.05) is 13.8 Å². The summed E-state index contributed by atoms with van der Waals surface area (Å²) in [5.74, 6) is 0. The van der Waals surface area contributed by atoms with Gasteiger partial charge in [0.1, 0.15) is 6.61 Å². The third-order valence-electron chi connectivity index (χ3n) is 2.05. The highest BCUT2D eigenvalue weighted by atomic mass is 16.5. The Hall–Kier alpha value is -0.590. The summed E-state index contributed by atoms with van der Waals surface area (Å²) in [5, 5.41) is 8.26. The fraction of sp³-hybridized carbons (Fsp3) is 0.900. The first-order valence-electron chi connectivity index (χ1n) is 5.00. The molecule has 76 valence electrons.